The summed E-state index contributed by atoms with van der Waals surface area (Å²) < 4.78 is 0. The van der Waals surface area contributed by atoms with E-state index in [0.717, 1.165) is 31.6 Å². The first-order valence-corrected chi connectivity index (χ1v) is 9.32. The maximum atomic E-state index is 12.3. The van der Waals surface area contributed by atoms with Gasteiger partial charge in [-0.25, -0.2) is 0 Å². The maximum Gasteiger partial charge on any atom is 0.253 e. The standard InChI is InChI=1S/C21H24N4O3/c1-22-20(27)15-4-8-17(9-5-15)23-14-19(26)24-18-10-6-16(7-11-18)21(28)25-12-2-3-13-25/h4-11,23H,2-3,12-14H2,1H3,(H,22,27)(H,24,26). The SMILES string of the molecule is CNC(=O)c1ccc(NCC(=O)Nc2ccc(C(=O)N3CCCC3)cc2)cc1. The summed E-state index contributed by atoms with van der Waals surface area (Å²) in [7, 11) is 1.58. The molecule has 1 aliphatic heterocycles. The summed E-state index contributed by atoms with van der Waals surface area (Å²) >= 11 is 0. The summed E-state index contributed by atoms with van der Waals surface area (Å²) in [5.74, 6) is -0.317. The van der Waals surface area contributed by atoms with E-state index in [1.54, 1.807) is 55.6 Å². The Balaban J connectivity index is 1.49. The molecule has 0 aliphatic carbocycles. The van der Waals surface area contributed by atoms with Crippen LogP contribution in [-0.2, 0) is 4.79 Å². The second-order valence-corrected chi connectivity index (χ2v) is 6.63. The quantitative estimate of drug-likeness (QED) is 0.717. The van der Waals surface area contributed by atoms with Crippen molar-refractivity contribution in [2.24, 2.45) is 0 Å². The molecule has 0 atom stereocenters. The van der Waals surface area contributed by atoms with E-state index in [1.807, 2.05) is 4.90 Å². The van der Waals surface area contributed by atoms with Gasteiger partial charge in [-0.05, 0) is 61.4 Å². The molecular formula is C21H24N4O3. The van der Waals surface area contributed by atoms with Gasteiger partial charge in [0.1, 0.15) is 0 Å². The predicted molar refractivity (Wildman–Crippen MR) is 109 cm³/mol. The molecule has 3 rings (SSSR count). The van der Waals surface area contributed by atoms with Crippen LogP contribution in [0.2, 0.25) is 0 Å². The largest absolute Gasteiger partial charge is 0.376 e. The average Bonchev–Trinajstić information content (AvgIpc) is 3.27. The van der Waals surface area contributed by atoms with E-state index in [9.17, 15) is 14.4 Å². The second kappa shape index (κ2) is 9.03. The lowest BCUT2D eigenvalue weighted by Crippen LogP contribution is -2.27. The van der Waals surface area contributed by atoms with Crippen LogP contribution < -0.4 is 16.0 Å². The molecule has 146 valence electrons. The molecule has 0 saturated carbocycles. The average molecular weight is 380 g/mol. The molecule has 0 unspecified atom stereocenters. The third-order valence-corrected chi connectivity index (χ3v) is 4.64. The van der Waals surface area contributed by atoms with Crippen molar-refractivity contribution in [1.29, 1.82) is 0 Å². The Labute approximate surface area is 164 Å². The number of carbonyl (C=O) groups is 3. The second-order valence-electron chi connectivity index (χ2n) is 6.63. The van der Waals surface area contributed by atoms with Gasteiger partial charge in [0, 0.05) is 42.6 Å². The Hall–Kier alpha value is -3.35. The van der Waals surface area contributed by atoms with Crippen LogP contribution in [0.1, 0.15) is 33.6 Å². The topological polar surface area (TPSA) is 90.5 Å². The molecule has 1 fully saturated rings. The summed E-state index contributed by atoms with van der Waals surface area (Å²) in [5.41, 5.74) is 2.57. The molecule has 1 aliphatic rings. The van der Waals surface area contributed by atoms with Gasteiger partial charge in [0.15, 0.2) is 0 Å². The van der Waals surface area contributed by atoms with Gasteiger partial charge >= 0.3 is 0 Å². The number of rotatable bonds is 6. The number of anilines is 2. The molecule has 1 saturated heterocycles. The minimum atomic E-state index is -0.200. The highest BCUT2D eigenvalue weighted by molar-refractivity contribution is 5.97. The number of nitrogens with one attached hydrogen (secondary N) is 3. The van der Waals surface area contributed by atoms with Crippen molar-refractivity contribution in [3.05, 3.63) is 59.7 Å². The lowest BCUT2D eigenvalue weighted by atomic mass is 10.2. The first kappa shape index (κ1) is 19.4. The van der Waals surface area contributed by atoms with E-state index < -0.39 is 0 Å². The molecule has 2 aromatic rings. The number of carbonyl (C=O) groups excluding carboxylic acids is 3. The molecule has 0 radical (unpaired) electrons. The van der Waals surface area contributed by atoms with Crippen LogP contribution in [0.4, 0.5) is 11.4 Å². The molecule has 3 amide bonds. The molecule has 28 heavy (non-hydrogen) atoms. The van der Waals surface area contributed by atoms with Crippen molar-refractivity contribution in [1.82, 2.24) is 10.2 Å². The highest BCUT2D eigenvalue weighted by atomic mass is 16.2. The Morgan fingerprint density at radius 2 is 1.43 bits per heavy atom. The molecule has 0 bridgehead atoms. The molecule has 0 spiro atoms. The van der Waals surface area contributed by atoms with Gasteiger partial charge in [-0.15, -0.1) is 0 Å². The first-order valence-electron chi connectivity index (χ1n) is 9.32. The maximum absolute atomic E-state index is 12.3. The number of nitrogens with zero attached hydrogens (tertiary/aromatic N) is 1. The van der Waals surface area contributed by atoms with Gasteiger partial charge in [0.05, 0.1) is 6.54 Å². The summed E-state index contributed by atoms with van der Waals surface area (Å²) in [6.45, 7) is 1.72. The van der Waals surface area contributed by atoms with E-state index in [-0.39, 0.29) is 24.3 Å². The Morgan fingerprint density at radius 3 is 2.04 bits per heavy atom. The van der Waals surface area contributed by atoms with Crippen LogP contribution >= 0.6 is 0 Å². The van der Waals surface area contributed by atoms with Gasteiger partial charge in [-0.3, -0.25) is 14.4 Å². The summed E-state index contributed by atoms with van der Waals surface area (Å²) in [6, 6.07) is 13.8. The smallest absolute Gasteiger partial charge is 0.253 e. The highest BCUT2D eigenvalue weighted by Gasteiger charge is 2.19. The van der Waals surface area contributed by atoms with Crippen molar-refractivity contribution in [3.63, 3.8) is 0 Å². The fourth-order valence-corrected chi connectivity index (χ4v) is 3.07. The minimum absolute atomic E-state index is 0.0391. The zero-order valence-corrected chi connectivity index (χ0v) is 15.8. The lowest BCUT2D eigenvalue weighted by molar-refractivity contribution is -0.114. The van der Waals surface area contributed by atoms with Crippen molar-refractivity contribution >= 4 is 29.1 Å². The minimum Gasteiger partial charge on any atom is -0.376 e. The molecule has 1 heterocycles. The molecular weight excluding hydrogens is 356 g/mol. The summed E-state index contributed by atoms with van der Waals surface area (Å²) in [5, 5.41) is 8.36. The van der Waals surface area contributed by atoms with Crippen LogP contribution in [0.25, 0.3) is 0 Å². The van der Waals surface area contributed by atoms with Crippen LogP contribution in [0.3, 0.4) is 0 Å². The molecule has 0 aromatic heterocycles. The van der Waals surface area contributed by atoms with Crippen molar-refractivity contribution in [3.8, 4) is 0 Å². The van der Waals surface area contributed by atoms with Crippen LogP contribution in [-0.4, -0.2) is 49.3 Å². The van der Waals surface area contributed by atoms with E-state index >= 15 is 0 Å². The highest BCUT2D eigenvalue weighted by Crippen LogP contribution is 2.15. The summed E-state index contributed by atoms with van der Waals surface area (Å²) in [6.07, 6.45) is 2.11. The predicted octanol–water partition coefficient (Wildman–Crippen LogP) is 2.33. The monoisotopic (exact) mass is 380 g/mol. The van der Waals surface area contributed by atoms with Crippen molar-refractivity contribution in [2.75, 3.05) is 37.3 Å². The molecule has 7 nitrogen and oxygen atoms in total. The Morgan fingerprint density at radius 1 is 0.857 bits per heavy atom. The first-order chi connectivity index (χ1) is 13.6. The zero-order chi connectivity index (χ0) is 19.9. The number of hydrogen-bond donors (Lipinski definition) is 3. The van der Waals surface area contributed by atoms with E-state index in [2.05, 4.69) is 16.0 Å². The molecule has 3 N–H and O–H groups in total. The normalized spacial score (nSPS) is 13.1. The van der Waals surface area contributed by atoms with Gasteiger partial charge in [0.2, 0.25) is 5.91 Å². The van der Waals surface area contributed by atoms with Crippen LogP contribution in [0.15, 0.2) is 48.5 Å². The third-order valence-electron chi connectivity index (χ3n) is 4.64. The van der Waals surface area contributed by atoms with E-state index in [0.29, 0.717) is 16.8 Å². The van der Waals surface area contributed by atoms with Crippen LogP contribution in [0, 0.1) is 0 Å². The number of benzene rings is 2. The van der Waals surface area contributed by atoms with E-state index in [1.165, 1.54) is 0 Å². The fourth-order valence-electron chi connectivity index (χ4n) is 3.07. The Kier molecular flexibility index (Phi) is 6.26. The Bertz CT molecular complexity index is 841. The number of amides is 3. The lowest BCUT2D eigenvalue weighted by Gasteiger charge is -2.15. The van der Waals surface area contributed by atoms with Crippen molar-refractivity contribution < 1.29 is 14.4 Å². The van der Waals surface area contributed by atoms with Gasteiger partial charge in [-0.2, -0.15) is 0 Å². The number of likely N-dealkylation sites (tertiary alicyclic amines) is 1. The van der Waals surface area contributed by atoms with Gasteiger partial charge in [-0.1, -0.05) is 0 Å². The third kappa shape index (κ3) is 4.88. The zero-order valence-electron chi connectivity index (χ0n) is 15.8. The van der Waals surface area contributed by atoms with Crippen molar-refractivity contribution in [2.45, 2.75) is 12.8 Å². The fraction of sp³-hybridized carbons (Fsp3) is 0.286. The number of hydrogen-bond acceptors (Lipinski definition) is 4. The summed E-state index contributed by atoms with van der Waals surface area (Å²) in [4.78, 5) is 37.8. The van der Waals surface area contributed by atoms with Crippen LogP contribution in [0.5, 0.6) is 0 Å². The van der Waals surface area contributed by atoms with E-state index in [4.69, 9.17) is 0 Å². The molecule has 2 aromatic carbocycles. The molecule has 7 heteroatoms. The van der Waals surface area contributed by atoms with Gasteiger partial charge < -0.3 is 20.9 Å². The van der Waals surface area contributed by atoms with Gasteiger partial charge in [0.25, 0.3) is 11.8 Å².